The standard InChI is InChI=1S/C14H26N2O2/c1-9-6-10(8-11(15)7-9)14(18)16-12-2-4-13(17)5-3-12/h9-13,17H,2-8,15H2,1H3,(H,16,18). The molecule has 3 atom stereocenters. The van der Waals surface area contributed by atoms with Crippen molar-refractivity contribution in [1.82, 2.24) is 5.32 Å². The monoisotopic (exact) mass is 254 g/mol. The van der Waals surface area contributed by atoms with Gasteiger partial charge in [0.1, 0.15) is 0 Å². The van der Waals surface area contributed by atoms with Crippen LogP contribution in [0.3, 0.4) is 0 Å². The number of nitrogens with one attached hydrogen (secondary N) is 1. The quantitative estimate of drug-likeness (QED) is 0.692. The molecule has 2 rings (SSSR count). The molecule has 4 N–H and O–H groups in total. The van der Waals surface area contributed by atoms with Crippen molar-refractivity contribution in [3.63, 3.8) is 0 Å². The first kappa shape index (κ1) is 13.8. The maximum absolute atomic E-state index is 12.2. The molecule has 0 aromatic heterocycles. The van der Waals surface area contributed by atoms with Gasteiger partial charge in [-0.05, 0) is 50.9 Å². The molecule has 0 spiro atoms. The lowest BCUT2D eigenvalue weighted by Gasteiger charge is -2.33. The number of carbonyl (C=O) groups excluding carboxylic acids is 1. The molecule has 0 aliphatic heterocycles. The van der Waals surface area contributed by atoms with Crippen LogP contribution in [-0.2, 0) is 4.79 Å². The Balaban J connectivity index is 1.80. The summed E-state index contributed by atoms with van der Waals surface area (Å²) in [5.74, 6) is 0.826. The molecule has 4 nitrogen and oxygen atoms in total. The van der Waals surface area contributed by atoms with E-state index in [2.05, 4.69) is 12.2 Å². The second kappa shape index (κ2) is 6.02. The first-order valence-corrected chi connectivity index (χ1v) is 7.28. The van der Waals surface area contributed by atoms with Crippen LogP contribution < -0.4 is 11.1 Å². The first-order valence-electron chi connectivity index (χ1n) is 7.28. The van der Waals surface area contributed by atoms with E-state index in [4.69, 9.17) is 5.73 Å². The minimum Gasteiger partial charge on any atom is -0.393 e. The maximum Gasteiger partial charge on any atom is 0.223 e. The molecule has 0 radical (unpaired) electrons. The largest absolute Gasteiger partial charge is 0.393 e. The molecular weight excluding hydrogens is 228 g/mol. The van der Waals surface area contributed by atoms with Crippen LogP contribution in [0.5, 0.6) is 0 Å². The zero-order valence-electron chi connectivity index (χ0n) is 11.3. The SMILES string of the molecule is CC1CC(N)CC(C(=O)NC2CCC(O)CC2)C1. The van der Waals surface area contributed by atoms with Gasteiger partial charge in [-0.3, -0.25) is 4.79 Å². The Morgan fingerprint density at radius 1 is 1.17 bits per heavy atom. The lowest BCUT2D eigenvalue weighted by atomic mass is 9.79. The molecule has 0 heterocycles. The van der Waals surface area contributed by atoms with Crippen LogP contribution in [0.25, 0.3) is 0 Å². The van der Waals surface area contributed by atoms with Gasteiger partial charge in [0, 0.05) is 18.0 Å². The van der Waals surface area contributed by atoms with E-state index in [9.17, 15) is 9.90 Å². The van der Waals surface area contributed by atoms with Gasteiger partial charge < -0.3 is 16.2 Å². The Morgan fingerprint density at radius 3 is 2.44 bits per heavy atom. The van der Waals surface area contributed by atoms with Gasteiger partial charge in [-0.2, -0.15) is 0 Å². The van der Waals surface area contributed by atoms with Gasteiger partial charge in [0.05, 0.1) is 6.10 Å². The zero-order valence-corrected chi connectivity index (χ0v) is 11.3. The topological polar surface area (TPSA) is 75.4 Å². The normalized spacial score (nSPS) is 41.4. The van der Waals surface area contributed by atoms with Gasteiger partial charge >= 0.3 is 0 Å². The third kappa shape index (κ3) is 3.69. The van der Waals surface area contributed by atoms with Crippen molar-refractivity contribution in [3.8, 4) is 0 Å². The van der Waals surface area contributed by atoms with E-state index in [0.717, 1.165) is 44.9 Å². The predicted molar refractivity (Wildman–Crippen MR) is 70.9 cm³/mol. The molecule has 0 aromatic carbocycles. The molecule has 18 heavy (non-hydrogen) atoms. The van der Waals surface area contributed by atoms with Crippen LogP contribution in [0.4, 0.5) is 0 Å². The van der Waals surface area contributed by atoms with Crippen molar-refractivity contribution in [2.45, 2.75) is 70.1 Å². The molecule has 4 heteroatoms. The number of nitrogens with two attached hydrogens (primary N) is 1. The highest BCUT2D eigenvalue weighted by atomic mass is 16.3. The molecule has 2 aliphatic rings. The van der Waals surface area contributed by atoms with Gasteiger partial charge in [-0.15, -0.1) is 0 Å². The summed E-state index contributed by atoms with van der Waals surface area (Å²) in [6.07, 6.45) is 6.10. The van der Waals surface area contributed by atoms with E-state index >= 15 is 0 Å². The molecule has 0 saturated heterocycles. The number of hydrogen-bond donors (Lipinski definition) is 3. The molecule has 2 saturated carbocycles. The highest BCUT2D eigenvalue weighted by Gasteiger charge is 2.31. The maximum atomic E-state index is 12.2. The van der Waals surface area contributed by atoms with E-state index in [1.165, 1.54) is 0 Å². The van der Waals surface area contributed by atoms with Crippen LogP contribution in [0.1, 0.15) is 51.9 Å². The average molecular weight is 254 g/mol. The fourth-order valence-corrected chi connectivity index (χ4v) is 3.41. The van der Waals surface area contributed by atoms with E-state index < -0.39 is 0 Å². The molecular formula is C14H26N2O2. The smallest absolute Gasteiger partial charge is 0.223 e. The van der Waals surface area contributed by atoms with Crippen molar-refractivity contribution in [1.29, 1.82) is 0 Å². The van der Waals surface area contributed by atoms with Crippen LogP contribution in [0.15, 0.2) is 0 Å². The Labute approximate surface area is 109 Å². The van der Waals surface area contributed by atoms with Gasteiger partial charge in [0.2, 0.25) is 5.91 Å². The molecule has 1 amide bonds. The summed E-state index contributed by atoms with van der Waals surface area (Å²) in [7, 11) is 0. The van der Waals surface area contributed by atoms with Gasteiger partial charge in [0.15, 0.2) is 0 Å². The fourth-order valence-electron chi connectivity index (χ4n) is 3.41. The summed E-state index contributed by atoms with van der Waals surface area (Å²) in [4.78, 5) is 12.2. The summed E-state index contributed by atoms with van der Waals surface area (Å²) < 4.78 is 0. The van der Waals surface area contributed by atoms with Gasteiger partial charge in [-0.25, -0.2) is 0 Å². The molecule has 2 fully saturated rings. The second-order valence-electron chi connectivity index (χ2n) is 6.28. The lowest BCUT2D eigenvalue weighted by molar-refractivity contribution is -0.127. The van der Waals surface area contributed by atoms with E-state index in [-0.39, 0.29) is 30.0 Å². The summed E-state index contributed by atoms with van der Waals surface area (Å²) in [6, 6.07) is 0.437. The number of carbonyl (C=O) groups is 1. The van der Waals surface area contributed by atoms with Crippen LogP contribution in [0.2, 0.25) is 0 Å². The number of hydrogen-bond acceptors (Lipinski definition) is 3. The van der Waals surface area contributed by atoms with Gasteiger partial charge in [0.25, 0.3) is 0 Å². The van der Waals surface area contributed by atoms with E-state index in [1.807, 2.05) is 0 Å². The van der Waals surface area contributed by atoms with Crippen LogP contribution in [0, 0.1) is 11.8 Å². The summed E-state index contributed by atoms with van der Waals surface area (Å²) in [6.45, 7) is 2.18. The highest BCUT2D eigenvalue weighted by molar-refractivity contribution is 5.79. The molecule has 0 bridgehead atoms. The Bertz CT molecular complexity index is 278. The summed E-state index contributed by atoms with van der Waals surface area (Å²) >= 11 is 0. The Hall–Kier alpha value is -0.610. The van der Waals surface area contributed by atoms with Gasteiger partial charge in [-0.1, -0.05) is 6.92 Å². The van der Waals surface area contributed by atoms with E-state index in [0.29, 0.717) is 5.92 Å². The lowest BCUT2D eigenvalue weighted by Crippen LogP contribution is -2.45. The van der Waals surface area contributed by atoms with Crippen molar-refractivity contribution in [2.75, 3.05) is 0 Å². The number of aliphatic hydroxyl groups is 1. The first-order chi connectivity index (χ1) is 8.54. The zero-order chi connectivity index (χ0) is 13.1. The van der Waals surface area contributed by atoms with Crippen molar-refractivity contribution in [3.05, 3.63) is 0 Å². The van der Waals surface area contributed by atoms with Crippen molar-refractivity contribution >= 4 is 5.91 Å². The summed E-state index contributed by atoms with van der Waals surface area (Å²) in [5, 5.41) is 12.6. The fraction of sp³-hybridized carbons (Fsp3) is 0.929. The van der Waals surface area contributed by atoms with Crippen molar-refractivity contribution < 1.29 is 9.90 Å². The number of amides is 1. The number of rotatable bonds is 2. The van der Waals surface area contributed by atoms with E-state index in [1.54, 1.807) is 0 Å². The minimum absolute atomic E-state index is 0.0931. The van der Waals surface area contributed by atoms with Crippen LogP contribution >= 0.6 is 0 Å². The summed E-state index contributed by atoms with van der Waals surface area (Å²) in [5.41, 5.74) is 5.99. The highest BCUT2D eigenvalue weighted by Crippen LogP contribution is 2.28. The average Bonchev–Trinajstić information content (AvgIpc) is 2.31. The molecule has 0 aromatic rings. The second-order valence-corrected chi connectivity index (χ2v) is 6.28. The number of aliphatic hydroxyl groups excluding tert-OH is 1. The molecule has 2 aliphatic carbocycles. The minimum atomic E-state index is -0.165. The predicted octanol–water partition coefficient (Wildman–Crippen LogP) is 1.17. The third-order valence-corrected chi connectivity index (χ3v) is 4.39. The molecule has 104 valence electrons. The third-order valence-electron chi connectivity index (χ3n) is 4.39. The van der Waals surface area contributed by atoms with Crippen molar-refractivity contribution in [2.24, 2.45) is 17.6 Å². The van der Waals surface area contributed by atoms with Crippen LogP contribution in [-0.4, -0.2) is 29.2 Å². The Kier molecular flexibility index (Phi) is 4.62. The molecule has 3 unspecified atom stereocenters. The Morgan fingerprint density at radius 2 is 1.83 bits per heavy atom.